The Balaban J connectivity index is 2.75. The van der Waals surface area contributed by atoms with Crippen LogP contribution in [-0.4, -0.2) is 19.7 Å². The minimum Gasteiger partial charge on any atom is -0.340 e. The maximum absolute atomic E-state index is 4.08. The van der Waals surface area contributed by atoms with Crippen LogP contribution in [0.25, 0.3) is 11.4 Å². The van der Waals surface area contributed by atoms with Gasteiger partial charge in [0.15, 0.2) is 0 Å². The number of hydrogen-bond acceptors (Lipinski definition) is 3. The molecule has 2 heterocycles. The molecule has 0 saturated carbocycles. The first-order chi connectivity index (χ1) is 4.86. The van der Waals surface area contributed by atoms with Crippen molar-refractivity contribution in [3.8, 4) is 11.4 Å². The van der Waals surface area contributed by atoms with E-state index in [-0.39, 0.29) is 0 Å². The van der Waals surface area contributed by atoms with Gasteiger partial charge in [0, 0.05) is 13.2 Å². The van der Waals surface area contributed by atoms with E-state index in [1.807, 2.05) is 17.8 Å². The molecule has 0 aromatic rings. The molecule has 10 heavy (non-hydrogen) atoms. The highest BCUT2D eigenvalue weighted by atomic mass is 15.1. The van der Waals surface area contributed by atoms with Gasteiger partial charge in [0.05, 0.1) is 12.5 Å². The summed E-state index contributed by atoms with van der Waals surface area (Å²) >= 11 is 0. The Morgan fingerprint density at radius 2 is 2.30 bits per heavy atom. The van der Waals surface area contributed by atoms with Gasteiger partial charge in [0.25, 0.3) is 0 Å². The van der Waals surface area contributed by atoms with Crippen molar-refractivity contribution < 1.29 is 0 Å². The van der Waals surface area contributed by atoms with Gasteiger partial charge >= 0.3 is 0 Å². The van der Waals surface area contributed by atoms with E-state index in [1.165, 1.54) is 0 Å². The first-order valence-electron chi connectivity index (χ1n) is 2.95. The third-order valence-corrected chi connectivity index (χ3v) is 1.31. The highest BCUT2D eigenvalue weighted by Gasteiger charge is 2.03. The number of fused-ring (bicyclic) bond motifs is 1. The molecule has 0 saturated heterocycles. The van der Waals surface area contributed by atoms with Gasteiger partial charge in [-0.3, -0.25) is 0 Å². The van der Waals surface area contributed by atoms with Crippen LogP contribution >= 0.6 is 0 Å². The molecule has 0 aromatic carbocycles. The highest BCUT2D eigenvalue weighted by Crippen LogP contribution is 2.11. The third kappa shape index (κ3) is 0.655. The lowest BCUT2D eigenvalue weighted by atomic mass is 10.4. The van der Waals surface area contributed by atoms with E-state index >= 15 is 0 Å². The van der Waals surface area contributed by atoms with Gasteiger partial charge in [-0.25, -0.2) is 4.98 Å². The lowest BCUT2D eigenvalue weighted by Crippen LogP contribution is -1.93. The Bertz CT molecular complexity index is 314. The molecule has 0 aromatic heterocycles. The second-order valence-electron chi connectivity index (χ2n) is 2.15. The fraction of sp³-hybridized carbons (Fsp3) is 0.167. The molecular formula is C6H6N4. The van der Waals surface area contributed by atoms with Crippen molar-refractivity contribution in [2.75, 3.05) is 0 Å². The van der Waals surface area contributed by atoms with E-state index in [0.29, 0.717) is 0 Å². The SMILES string of the molecule is Cn1cnc2cnnc-2c1. The molecule has 0 bridgehead atoms. The molecule has 0 atom stereocenters. The summed E-state index contributed by atoms with van der Waals surface area (Å²) in [6, 6.07) is 0. The zero-order valence-corrected chi connectivity index (χ0v) is 5.52. The predicted octanol–water partition coefficient (Wildman–Crippen LogP) is 0.315. The number of aryl methyl sites for hydroxylation is 1. The van der Waals surface area contributed by atoms with Crippen molar-refractivity contribution >= 4 is 0 Å². The van der Waals surface area contributed by atoms with E-state index < -0.39 is 0 Å². The van der Waals surface area contributed by atoms with E-state index in [2.05, 4.69) is 15.2 Å². The lowest BCUT2D eigenvalue weighted by Gasteiger charge is -1.97. The summed E-state index contributed by atoms with van der Waals surface area (Å²) in [5.41, 5.74) is 1.68. The van der Waals surface area contributed by atoms with Gasteiger partial charge in [0.2, 0.25) is 0 Å². The average Bonchev–Trinajstić information content (AvgIpc) is 2.33. The van der Waals surface area contributed by atoms with Crippen molar-refractivity contribution in [1.29, 1.82) is 0 Å². The van der Waals surface area contributed by atoms with Gasteiger partial charge in [-0.05, 0) is 0 Å². The molecule has 50 valence electrons. The maximum Gasteiger partial charge on any atom is 0.129 e. The lowest BCUT2D eigenvalue weighted by molar-refractivity contribution is 0.860. The van der Waals surface area contributed by atoms with Gasteiger partial charge in [-0.2, -0.15) is 5.10 Å². The van der Waals surface area contributed by atoms with Crippen molar-refractivity contribution in [3.63, 3.8) is 0 Å². The summed E-state index contributed by atoms with van der Waals surface area (Å²) in [6.07, 6.45) is 5.26. The number of nitrogens with zero attached hydrogens (tertiary/aromatic N) is 4. The third-order valence-electron chi connectivity index (χ3n) is 1.31. The molecule has 0 aliphatic carbocycles. The van der Waals surface area contributed by atoms with Gasteiger partial charge < -0.3 is 4.57 Å². The Morgan fingerprint density at radius 3 is 3.20 bits per heavy atom. The molecular weight excluding hydrogens is 128 g/mol. The summed E-state index contributed by atoms with van der Waals surface area (Å²) in [5, 5.41) is 7.56. The van der Waals surface area contributed by atoms with Crippen molar-refractivity contribution in [2.45, 2.75) is 0 Å². The van der Waals surface area contributed by atoms with Crippen LogP contribution in [0.3, 0.4) is 0 Å². The first-order valence-corrected chi connectivity index (χ1v) is 2.95. The van der Waals surface area contributed by atoms with Crippen molar-refractivity contribution in [3.05, 3.63) is 18.7 Å². The van der Waals surface area contributed by atoms with Gasteiger partial charge in [-0.1, -0.05) is 0 Å². The average molecular weight is 134 g/mol. The molecule has 0 N–H and O–H groups in total. The van der Waals surface area contributed by atoms with Gasteiger partial charge in [0.1, 0.15) is 11.4 Å². The minimum absolute atomic E-state index is 0.838. The van der Waals surface area contributed by atoms with Crippen LogP contribution < -0.4 is 0 Å². The van der Waals surface area contributed by atoms with E-state index in [4.69, 9.17) is 0 Å². The van der Waals surface area contributed by atoms with Crippen LogP contribution in [0, 0.1) is 0 Å². The molecule has 0 spiro atoms. The predicted molar refractivity (Wildman–Crippen MR) is 35.4 cm³/mol. The molecule has 4 nitrogen and oxygen atoms in total. The minimum atomic E-state index is 0.838. The molecule has 2 aliphatic rings. The zero-order valence-electron chi connectivity index (χ0n) is 5.52. The van der Waals surface area contributed by atoms with Crippen LogP contribution in [0.5, 0.6) is 0 Å². The molecule has 0 fully saturated rings. The molecule has 0 amide bonds. The van der Waals surface area contributed by atoms with Crippen LogP contribution in [-0.2, 0) is 7.05 Å². The topological polar surface area (TPSA) is 43.6 Å². The second-order valence-corrected chi connectivity index (χ2v) is 2.15. The summed E-state index contributed by atoms with van der Waals surface area (Å²) in [5.74, 6) is 0. The Labute approximate surface area is 57.9 Å². The molecule has 2 rings (SSSR count). The van der Waals surface area contributed by atoms with Gasteiger partial charge in [-0.15, -0.1) is 5.10 Å². The zero-order chi connectivity index (χ0) is 6.97. The van der Waals surface area contributed by atoms with Crippen LogP contribution in [0.1, 0.15) is 0 Å². The smallest absolute Gasteiger partial charge is 0.129 e. The first kappa shape index (κ1) is 5.34. The summed E-state index contributed by atoms with van der Waals surface area (Å²) in [6.45, 7) is 0. The second kappa shape index (κ2) is 1.76. The van der Waals surface area contributed by atoms with Crippen molar-refractivity contribution in [2.24, 2.45) is 7.05 Å². The Morgan fingerprint density at radius 1 is 1.40 bits per heavy atom. The largest absolute Gasteiger partial charge is 0.340 e. The molecule has 0 radical (unpaired) electrons. The van der Waals surface area contributed by atoms with Crippen LogP contribution in [0.15, 0.2) is 18.7 Å². The quantitative estimate of drug-likeness (QED) is 0.521. The number of aromatic nitrogens is 4. The fourth-order valence-electron chi connectivity index (χ4n) is 0.834. The number of hydrogen-bond donors (Lipinski definition) is 0. The van der Waals surface area contributed by atoms with Crippen LogP contribution in [0.4, 0.5) is 0 Å². The monoisotopic (exact) mass is 134 g/mol. The number of rotatable bonds is 0. The van der Waals surface area contributed by atoms with E-state index in [1.54, 1.807) is 12.5 Å². The summed E-state index contributed by atoms with van der Waals surface area (Å²) in [7, 11) is 1.90. The Kier molecular flexibility index (Phi) is 0.943. The maximum atomic E-state index is 4.08. The normalized spacial score (nSPS) is 10.5. The van der Waals surface area contributed by atoms with E-state index in [0.717, 1.165) is 11.4 Å². The summed E-state index contributed by atoms with van der Waals surface area (Å²) < 4.78 is 1.84. The molecule has 4 heteroatoms. The standard InChI is InChI=1S/C6H6N4/c1-10-3-6-5(7-4-10)2-8-9-6/h2-4H,1H3. The summed E-state index contributed by atoms with van der Waals surface area (Å²) in [4.78, 5) is 4.08. The molecule has 2 aliphatic heterocycles. The van der Waals surface area contributed by atoms with Crippen molar-refractivity contribution in [1.82, 2.24) is 19.7 Å². The highest BCUT2D eigenvalue weighted by molar-refractivity contribution is 5.51. The Hall–Kier alpha value is -1.45. The van der Waals surface area contributed by atoms with Crippen LogP contribution in [0.2, 0.25) is 0 Å². The molecule has 0 unspecified atom stereocenters. The van der Waals surface area contributed by atoms with E-state index in [9.17, 15) is 0 Å². The fourth-order valence-corrected chi connectivity index (χ4v) is 0.834.